The zero-order valence-electron chi connectivity index (χ0n) is 11.2. The number of nitrogens with zero attached hydrogens (tertiary/aromatic N) is 1. The summed E-state index contributed by atoms with van der Waals surface area (Å²) in [5.41, 5.74) is 0. The standard InChI is InChI=1S/C14H26N2O/c1-11(2)12-9-14(17)16(10-12)8-4-6-13-5-3-7-15-13/h11-13,15H,3-10H2,1-2H3. The van der Waals surface area contributed by atoms with Crippen molar-refractivity contribution in [3.8, 4) is 0 Å². The number of nitrogens with one attached hydrogen (secondary N) is 1. The zero-order chi connectivity index (χ0) is 12.3. The van der Waals surface area contributed by atoms with Crippen molar-refractivity contribution in [2.45, 2.75) is 52.0 Å². The van der Waals surface area contributed by atoms with Crippen LogP contribution in [-0.4, -0.2) is 36.5 Å². The number of likely N-dealkylation sites (tertiary alicyclic amines) is 1. The predicted octanol–water partition coefficient (Wildman–Crippen LogP) is 2.02. The van der Waals surface area contributed by atoms with Gasteiger partial charge in [0.2, 0.25) is 5.91 Å². The van der Waals surface area contributed by atoms with Crippen LogP contribution in [0.25, 0.3) is 0 Å². The molecule has 2 saturated heterocycles. The number of carbonyl (C=O) groups excluding carboxylic acids is 1. The first kappa shape index (κ1) is 12.9. The Hall–Kier alpha value is -0.570. The minimum absolute atomic E-state index is 0.378. The molecular weight excluding hydrogens is 212 g/mol. The maximum absolute atomic E-state index is 11.8. The lowest BCUT2D eigenvalue weighted by Gasteiger charge is -2.19. The van der Waals surface area contributed by atoms with Crippen LogP contribution in [0.2, 0.25) is 0 Å². The summed E-state index contributed by atoms with van der Waals surface area (Å²) in [4.78, 5) is 13.9. The van der Waals surface area contributed by atoms with Crippen molar-refractivity contribution in [3.05, 3.63) is 0 Å². The molecular formula is C14H26N2O. The zero-order valence-corrected chi connectivity index (χ0v) is 11.2. The van der Waals surface area contributed by atoms with Gasteiger partial charge in [-0.05, 0) is 44.1 Å². The quantitative estimate of drug-likeness (QED) is 0.795. The highest BCUT2D eigenvalue weighted by Crippen LogP contribution is 2.25. The second kappa shape index (κ2) is 5.85. The van der Waals surface area contributed by atoms with Crippen LogP contribution in [0.5, 0.6) is 0 Å². The maximum Gasteiger partial charge on any atom is 0.222 e. The molecule has 98 valence electrons. The Morgan fingerprint density at radius 1 is 1.47 bits per heavy atom. The van der Waals surface area contributed by atoms with Crippen LogP contribution in [0, 0.1) is 11.8 Å². The number of amides is 1. The third-order valence-electron chi connectivity index (χ3n) is 4.33. The van der Waals surface area contributed by atoms with Crippen LogP contribution >= 0.6 is 0 Å². The fourth-order valence-corrected chi connectivity index (χ4v) is 3.00. The Labute approximate surface area is 105 Å². The molecule has 0 aliphatic carbocycles. The molecule has 2 aliphatic rings. The fourth-order valence-electron chi connectivity index (χ4n) is 3.00. The summed E-state index contributed by atoms with van der Waals surface area (Å²) in [7, 11) is 0. The average molecular weight is 238 g/mol. The molecule has 0 bridgehead atoms. The van der Waals surface area contributed by atoms with E-state index < -0.39 is 0 Å². The van der Waals surface area contributed by atoms with Gasteiger partial charge in [-0.25, -0.2) is 0 Å². The molecule has 3 heteroatoms. The van der Waals surface area contributed by atoms with Crippen molar-refractivity contribution in [3.63, 3.8) is 0 Å². The topological polar surface area (TPSA) is 32.3 Å². The van der Waals surface area contributed by atoms with Crippen molar-refractivity contribution >= 4 is 5.91 Å². The number of rotatable bonds is 5. The Bertz CT molecular complexity index is 259. The highest BCUT2D eigenvalue weighted by atomic mass is 16.2. The molecule has 0 spiro atoms. The largest absolute Gasteiger partial charge is 0.342 e. The Morgan fingerprint density at radius 2 is 2.29 bits per heavy atom. The average Bonchev–Trinajstić information content (AvgIpc) is 2.89. The second-order valence-corrected chi connectivity index (χ2v) is 5.98. The van der Waals surface area contributed by atoms with Crippen LogP contribution in [0.3, 0.4) is 0 Å². The van der Waals surface area contributed by atoms with Gasteiger partial charge in [0.25, 0.3) is 0 Å². The molecule has 2 unspecified atom stereocenters. The van der Waals surface area contributed by atoms with Crippen LogP contribution in [-0.2, 0) is 4.79 Å². The van der Waals surface area contributed by atoms with E-state index in [4.69, 9.17) is 0 Å². The molecule has 2 rings (SSSR count). The molecule has 0 aromatic carbocycles. The molecule has 0 aromatic rings. The van der Waals surface area contributed by atoms with Crippen molar-refractivity contribution in [2.24, 2.45) is 11.8 Å². The molecule has 3 nitrogen and oxygen atoms in total. The molecule has 2 atom stereocenters. The molecule has 2 aliphatic heterocycles. The molecule has 0 radical (unpaired) electrons. The number of carbonyl (C=O) groups is 1. The Balaban J connectivity index is 1.67. The number of hydrogen-bond acceptors (Lipinski definition) is 2. The van der Waals surface area contributed by atoms with E-state index in [0.29, 0.717) is 23.8 Å². The minimum Gasteiger partial charge on any atom is -0.342 e. The molecule has 0 saturated carbocycles. The SMILES string of the molecule is CC(C)C1CC(=O)N(CCCC2CCCN2)C1. The van der Waals surface area contributed by atoms with E-state index in [1.54, 1.807) is 0 Å². The summed E-state index contributed by atoms with van der Waals surface area (Å²) in [6.45, 7) is 7.60. The normalized spacial score (nSPS) is 29.6. The third kappa shape index (κ3) is 3.44. The van der Waals surface area contributed by atoms with Gasteiger partial charge < -0.3 is 10.2 Å². The molecule has 1 N–H and O–H groups in total. The maximum atomic E-state index is 11.8. The third-order valence-corrected chi connectivity index (χ3v) is 4.33. The van der Waals surface area contributed by atoms with Crippen LogP contribution in [0.1, 0.15) is 46.0 Å². The van der Waals surface area contributed by atoms with Crippen LogP contribution in [0.15, 0.2) is 0 Å². The van der Waals surface area contributed by atoms with E-state index in [1.807, 2.05) is 0 Å². The summed E-state index contributed by atoms with van der Waals surface area (Å²) in [5.74, 6) is 1.61. The van der Waals surface area contributed by atoms with Crippen LogP contribution < -0.4 is 5.32 Å². The molecule has 0 aromatic heterocycles. The molecule has 17 heavy (non-hydrogen) atoms. The highest BCUT2D eigenvalue weighted by molar-refractivity contribution is 5.78. The van der Waals surface area contributed by atoms with E-state index in [2.05, 4.69) is 24.1 Å². The first-order valence-corrected chi connectivity index (χ1v) is 7.18. The first-order chi connectivity index (χ1) is 8.16. The highest BCUT2D eigenvalue weighted by Gasteiger charge is 2.30. The van der Waals surface area contributed by atoms with Crippen molar-refractivity contribution in [1.29, 1.82) is 0 Å². The summed E-state index contributed by atoms with van der Waals surface area (Å²) in [5, 5.41) is 3.52. The van der Waals surface area contributed by atoms with Gasteiger partial charge >= 0.3 is 0 Å². The Kier molecular flexibility index (Phi) is 4.43. The molecule has 2 fully saturated rings. The van der Waals surface area contributed by atoms with Crippen LogP contribution in [0.4, 0.5) is 0 Å². The van der Waals surface area contributed by atoms with E-state index in [0.717, 1.165) is 25.9 Å². The van der Waals surface area contributed by atoms with Gasteiger partial charge in [0.1, 0.15) is 0 Å². The van der Waals surface area contributed by atoms with E-state index in [9.17, 15) is 4.79 Å². The van der Waals surface area contributed by atoms with E-state index >= 15 is 0 Å². The van der Waals surface area contributed by atoms with Crippen molar-refractivity contribution in [1.82, 2.24) is 10.2 Å². The second-order valence-electron chi connectivity index (χ2n) is 5.98. The molecule has 2 heterocycles. The minimum atomic E-state index is 0.378. The summed E-state index contributed by atoms with van der Waals surface area (Å²) in [6, 6.07) is 0.716. The van der Waals surface area contributed by atoms with E-state index in [-0.39, 0.29) is 0 Å². The first-order valence-electron chi connectivity index (χ1n) is 7.18. The van der Waals surface area contributed by atoms with Gasteiger partial charge in [0, 0.05) is 25.6 Å². The summed E-state index contributed by atoms with van der Waals surface area (Å²) < 4.78 is 0. The fraction of sp³-hybridized carbons (Fsp3) is 0.929. The van der Waals surface area contributed by atoms with Gasteiger partial charge in [0.05, 0.1) is 0 Å². The van der Waals surface area contributed by atoms with Gasteiger partial charge in [-0.1, -0.05) is 13.8 Å². The predicted molar refractivity (Wildman–Crippen MR) is 69.8 cm³/mol. The lowest BCUT2D eigenvalue weighted by atomic mass is 9.95. The van der Waals surface area contributed by atoms with Crippen molar-refractivity contribution in [2.75, 3.05) is 19.6 Å². The lowest BCUT2D eigenvalue weighted by molar-refractivity contribution is -0.127. The molecule has 1 amide bonds. The Morgan fingerprint density at radius 3 is 2.88 bits per heavy atom. The van der Waals surface area contributed by atoms with Gasteiger partial charge in [-0.2, -0.15) is 0 Å². The van der Waals surface area contributed by atoms with Gasteiger partial charge in [0.15, 0.2) is 0 Å². The van der Waals surface area contributed by atoms with E-state index in [1.165, 1.54) is 25.8 Å². The number of hydrogen-bond donors (Lipinski definition) is 1. The van der Waals surface area contributed by atoms with Crippen molar-refractivity contribution < 1.29 is 4.79 Å². The smallest absolute Gasteiger partial charge is 0.222 e. The van der Waals surface area contributed by atoms with Gasteiger partial charge in [-0.3, -0.25) is 4.79 Å². The summed E-state index contributed by atoms with van der Waals surface area (Å²) in [6.07, 6.45) is 5.81. The lowest BCUT2D eigenvalue weighted by Crippen LogP contribution is -2.29. The van der Waals surface area contributed by atoms with Gasteiger partial charge in [-0.15, -0.1) is 0 Å². The monoisotopic (exact) mass is 238 g/mol. The summed E-state index contributed by atoms with van der Waals surface area (Å²) >= 11 is 0.